The van der Waals surface area contributed by atoms with Crippen LogP contribution >= 0.6 is 11.6 Å². The fraction of sp³-hybridized carbons (Fsp3) is 0.250. The zero-order valence-electron chi connectivity index (χ0n) is 11.8. The summed E-state index contributed by atoms with van der Waals surface area (Å²) in [5.74, 6) is 5.47. The first-order valence-electron chi connectivity index (χ1n) is 6.66. The molecule has 0 aliphatic rings. The van der Waals surface area contributed by atoms with Gasteiger partial charge in [0.15, 0.2) is 11.6 Å². The standard InChI is InChI=1S/C16H18ClFN2O/c1-21-16-7-6-11(9-15(16)18)8-13(20-19)10-12-4-2-3-5-14(12)17/h2-7,9,13,20H,8,10,19H2,1H3. The number of hydrogen-bond acceptors (Lipinski definition) is 3. The molecule has 0 aliphatic heterocycles. The Balaban J connectivity index is 2.09. The predicted octanol–water partition coefficient (Wildman–Crippen LogP) is 3.10. The van der Waals surface area contributed by atoms with Crippen LogP contribution in [-0.4, -0.2) is 13.2 Å². The maximum Gasteiger partial charge on any atom is 0.165 e. The molecule has 0 aliphatic carbocycles. The largest absolute Gasteiger partial charge is 0.494 e. The molecule has 21 heavy (non-hydrogen) atoms. The maximum absolute atomic E-state index is 13.7. The highest BCUT2D eigenvalue weighted by Gasteiger charge is 2.12. The van der Waals surface area contributed by atoms with Crippen molar-refractivity contribution in [3.63, 3.8) is 0 Å². The van der Waals surface area contributed by atoms with E-state index in [2.05, 4.69) is 5.43 Å². The first kappa shape index (κ1) is 15.8. The maximum atomic E-state index is 13.7. The molecule has 0 fully saturated rings. The molecular weight excluding hydrogens is 291 g/mol. The fourth-order valence-corrected chi connectivity index (χ4v) is 2.45. The lowest BCUT2D eigenvalue weighted by molar-refractivity contribution is 0.386. The Labute approximate surface area is 128 Å². The normalized spacial score (nSPS) is 12.2. The van der Waals surface area contributed by atoms with Gasteiger partial charge < -0.3 is 4.74 Å². The van der Waals surface area contributed by atoms with E-state index in [1.165, 1.54) is 13.2 Å². The molecular formula is C16H18ClFN2O. The van der Waals surface area contributed by atoms with Gasteiger partial charge in [0.1, 0.15) is 0 Å². The summed E-state index contributed by atoms with van der Waals surface area (Å²) in [6.07, 6.45) is 1.27. The highest BCUT2D eigenvalue weighted by atomic mass is 35.5. The van der Waals surface area contributed by atoms with Gasteiger partial charge in [-0.15, -0.1) is 0 Å². The molecule has 0 saturated heterocycles. The second-order valence-electron chi connectivity index (χ2n) is 4.83. The van der Waals surface area contributed by atoms with E-state index in [-0.39, 0.29) is 17.6 Å². The molecule has 0 heterocycles. The van der Waals surface area contributed by atoms with Crippen molar-refractivity contribution in [1.29, 1.82) is 0 Å². The average Bonchev–Trinajstić information content (AvgIpc) is 2.49. The van der Waals surface area contributed by atoms with Crippen molar-refractivity contribution >= 4 is 11.6 Å². The van der Waals surface area contributed by atoms with Crippen molar-refractivity contribution in [3.8, 4) is 5.75 Å². The smallest absolute Gasteiger partial charge is 0.165 e. The van der Waals surface area contributed by atoms with Crippen LogP contribution in [0.1, 0.15) is 11.1 Å². The van der Waals surface area contributed by atoms with Crippen molar-refractivity contribution < 1.29 is 9.13 Å². The Kier molecular flexibility index (Phi) is 5.56. The number of benzene rings is 2. The van der Waals surface area contributed by atoms with E-state index in [1.54, 1.807) is 6.07 Å². The summed E-state index contributed by atoms with van der Waals surface area (Å²) in [4.78, 5) is 0. The van der Waals surface area contributed by atoms with Gasteiger partial charge in [0.25, 0.3) is 0 Å². The van der Waals surface area contributed by atoms with Crippen LogP contribution in [0.4, 0.5) is 4.39 Å². The third-order valence-electron chi connectivity index (χ3n) is 3.36. The Hall–Kier alpha value is -1.62. The molecule has 0 bridgehead atoms. The van der Waals surface area contributed by atoms with Crippen molar-refractivity contribution in [3.05, 3.63) is 64.4 Å². The number of halogens is 2. The fourth-order valence-electron chi connectivity index (χ4n) is 2.24. The monoisotopic (exact) mass is 308 g/mol. The highest BCUT2D eigenvalue weighted by molar-refractivity contribution is 6.31. The molecule has 0 amide bonds. The van der Waals surface area contributed by atoms with Crippen LogP contribution in [0, 0.1) is 5.82 Å². The molecule has 2 rings (SSSR count). The van der Waals surface area contributed by atoms with Crippen LogP contribution < -0.4 is 16.0 Å². The number of hydrogen-bond donors (Lipinski definition) is 2. The minimum atomic E-state index is -0.372. The molecule has 2 aromatic rings. The molecule has 0 radical (unpaired) electrons. The summed E-state index contributed by atoms with van der Waals surface area (Å²) in [5, 5.41) is 0.707. The van der Waals surface area contributed by atoms with E-state index in [0.29, 0.717) is 17.9 Å². The zero-order valence-corrected chi connectivity index (χ0v) is 12.5. The second-order valence-corrected chi connectivity index (χ2v) is 5.24. The summed E-state index contributed by atoms with van der Waals surface area (Å²) < 4.78 is 18.6. The van der Waals surface area contributed by atoms with Gasteiger partial charge in [-0.05, 0) is 42.2 Å². The van der Waals surface area contributed by atoms with Gasteiger partial charge in [0.2, 0.25) is 0 Å². The van der Waals surface area contributed by atoms with E-state index in [0.717, 1.165) is 11.1 Å². The molecule has 2 aromatic carbocycles. The number of rotatable bonds is 6. The minimum absolute atomic E-state index is 0.0299. The van der Waals surface area contributed by atoms with Crippen molar-refractivity contribution in [2.24, 2.45) is 5.84 Å². The molecule has 3 N–H and O–H groups in total. The van der Waals surface area contributed by atoms with E-state index in [1.807, 2.05) is 30.3 Å². The van der Waals surface area contributed by atoms with Crippen LogP contribution in [0.5, 0.6) is 5.75 Å². The van der Waals surface area contributed by atoms with Gasteiger partial charge in [-0.2, -0.15) is 0 Å². The third kappa shape index (κ3) is 4.17. The summed E-state index contributed by atoms with van der Waals surface area (Å²) in [5.41, 5.74) is 4.62. The van der Waals surface area contributed by atoms with Crippen LogP contribution in [-0.2, 0) is 12.8 Å². The van der Waals surface area contributed by atoms with Crippen molar-refractivity contribution in [1.82, 2.24) is 5.43 Å². The molecule has 1 unspecified atom stereocenters. The Bertz CT molecular complexity index is 607. The van der Waals surface area contributed by atoms with Gasteiger partial charge in [0.05, 0.1) is 7.11 Å². The lowest BCUT2D eigenvalue weighted by Gasteiger charge is -2.17. The van der Waals surface area contributed by atoms with Gasteiger partial charge in [-0.1, -0.05) is 35.9 Å². The SMILES string of the molecule is COc1ccc(CC(Cc2ccccc2Cl)NN)cc1F. The number of methoxy groups -OCH3 is 1. The van der Waals surface area contributed by atoms with Gasteiger partial charge in [-0.25, -0.2) is 4.39 Å². The Morgan fingerprint density at radius 3 is 2.62 bits per heavy atom. The summed E-state index contributed by atoms with van der Waals surface area (Å²) in [6, 6.07) is 12.5. The third-order valence-corrected chi connectivity index (χ3v) is 3.73. The number of nitrogens with one attached hydrogen (secondary N) is 1. The summed E-state index contributed by atoms with van der Waals surface area (Å²) in [6.45, 7) is 0. The lowest BCUT2D eigenvalue weighted by Crippen LogP contribution is -2.38. The van der Waals surface area contributed by atoms with E-state index < -0.39 is 0 Å². The number of hydrazine groups is 1. The van der Waals surface area contributed by atoms with Crippen LogP contribution in [0.2, 0.25) is 5.02 Å². The quantitative estimate of drug-likeness (QED) is 0.637. The molecule has 0 aromatic heterocycles. The van der Waals surface area contributed by atoms with Crippen LogP contribution in [0.15, 0.2) is 42.5 Å². The molecule has 3 nitrogen and oxygen atoms in total. The molecule has 5 heteroatoms. The van der Waals surface area contributed by atoms with E-state index in [4.69, 9.17) is 22.2 Å². The summed E-state index contributed by atoms with van der Waals surface area (Å²) >= 11 is 6.15. The Morgan fingerprint density at radius 1 is 1.24 bits per heavy atom. The average molecular weight is 309 g/mol. The van der Waals surface area contributed by atoms with Gasteiger partial charge in [0, 0.05) is 11.1 Å². The van der Waals surface area contributed by atoms with Crippen molar-refractivity contribution in [2.75, 3.05) is 7.11 Å². The topological polar surface area (TPSA) is 47.3 Å². The molecule has 1 atom stereocenters. The number of ether oxygens (including phenoxy) is 1. The van der Waals surface area contributed by atoms with Crippen LogP contribution in [0.25, 0.3) is 0 Å². The molecule has 112 valence electrons. The molecule has 0 spiro atoms. The molecule has 0 saturated carbocycles. The van der Waals surface area contributed by atoms with E-state index in [9.17, 15) is 4.39 Å². The summed E-state index contributed by atoms with van der Waals surface area (Å²) in [7, 11) is 1.44. The highest BCUT2D eigenvalue weighted by Crippen LogP contribution is 2.21. The first-order chi connectivity index (χ1) is 10.1. The minimum Gasteiger partial charge on any atom is -0.494 e. The number of nitrogens with two attached hydrogens (primary N) is 1. The zero-order chi connectivity index (χ0) is 15.2. The van der Waals surface area contributed by atoms with E-state index >= 15 is 0 Å². The second kappa shape index (κ2) is 7.41. The van der Waals surface area contributed by atoms with Crippen LogP contribution in [0.3, 0.4) is 0 Å². The lowest BCUT2D eigenvalue weighted by atomic mass is 9.99. The Morgan fingerprint density at radius 2 is 2.00 bits per heavy atom. The van der Waals surface area contributed by atoms with Crippen molar-refractivity contribution in [2.45, 2.75) is 18.9 Å². The van der Waals surface area contributed by atoms with Gasteiger partial charge in [-0.3, -0.25) is 11.3 Å². The first-order valence-corrected chi connectivity index (χ1v) is 7.03. The van der Waals surface area contributed by atoms with Gasteiger partial charge >= 0.3 is 0 Å². The predicted molar refractivity (Wildman–Crippen MR) is 82.9 cm³/mol.